The zero-order valence-corrected chi connectivity index (χ0v) is 12.8. The van der Waals surface area contributed by atoms with Crippen LogP contribution < -0.4 is 5.32 Å². The van der Waals surface area contributed by atoms with Crippen molar-refractivity contribution in [2.45, 2.75) is 39.2 Å². The van der Waals surface area contributed by atoms with Gasteiger partial charge in [0.05, 0.1) is 12.2 Å². The monoisotopic (exact) mass is 283 g/mol. The average molecular weight is 283 g/mol. The van der Waals surface area contributed by atoms with E-state index < -0.39 is 0 Å². The number of nitrogens with one attached hydrogen (secondary N) is 1. The molecule has 1 aliphatic rings. The van der Waals surface area contributed by atoms with E-state index in [1.165, 1.54) is 17.5 Å². The molecule has 4 nitrogen and oxygen atoms in total. The van der Waals surface area contributed by atoms with Gasteiger partial charge in [0.2, 0.25) is 0 Å². The summed E-state index contributed by atoms with van der Waals surface area (Å²) in [6.07, 6.45) is 5.25. The van der Waals surface area contributed by atoms with E-state index in [-0.39, 0.29) is 11.9 Å². The highest BCUT2D eigenvalue weighted by molar-refractivity contribution is 5.94. The molecule has 0 fully saturated rings. The number of carbonyl (C=O) groups is 1. The Morgan fingerprint density at radius 2 is 2.10 bits per heavy atom. The summed E-state index contributed by atoms with van der Waals surface area (Å²) in [6, 6.07) is 6.03. The van der Waals surface area contributed by atoms with Gasteiger partial charge in [-0.15, -0.1) is 0 Å². The number of aryl methyl sites for hydroxylation is 3. The van der Waals surface area contributed by atoms with Gasteiger partial charge in [0.15, 0.2) is 0 Å². The second-order valence-electron chi connectivity index (χ2n) is 5.84. The van der Waals surface area contributed by atoms with Crippen LogP contribution >= 0.6 is 0 Å². The Hall–Kier alpha value is -2.10. The molecular formula is C17H21N3O. The fourth-order valence-corrected chi connectivity index (χ4v) is 3.01. The summed E-state index contributed by atoms with van der Waals surface area (Å²) in [4.78, 5) is 12.4. The summed E-state index contributed by atoms with van der Waals surface area (Å²) < 4.78 is 1.83. The van der Waals surface area contributed by atoms with Crippen molar-refractivity contribution < 1.29 is 4.79 Å². The maximum Gasteiger partial charge on any atom is 0.251 e. The zero-order valence-electron chi connectivity index (χ0n) is 12.8. The van der Waals surface area contributed by atoms with E-state index in [0.717, 1.165) is 29.7 Å². The summed E-state index contributed by atoms with van der Waals surface area (Å²) >= 11 is 0. The van der Waals surface area contributed by atoms with Crippen molar-refractivity contribution in [2.24, 2.45) is 7.05 Å². The molecule has 3 rings (SSSR count). The molecule has 0 saturated carbocycles. The SMILES string of the molecule is Cc1c([C@H](C)NC(=O)c2ccc3c(c2)CCC3)cnn1C. The van der Waals surface area contributed by atoms with Gasteiger partial charge in [-0.2, -0.15) is 5.10 Å². The first-order valence-electron chi connectivity index (χ1n) is 7.47. The van der Waals surface area contributed by atoms with Crippen molar-refractivity contribution in [1.29, 1.82) is 0 Å². The minimum Gasteiger partial charge on any atom is -0.345 e. The number of carbonyl (C=O) groups excluding carboxylic acids is 1. The lowest BCUT2D eigenvalue weighted by molar-refractivity contribution is 0.0939. The van der Waals surface area contributed by atoms with Crippen LogP contribution in [-0.2, 0) is 19.9 Å². The maximum atomic E-state index is 12.4. The van der Waals surface area contributed by atoms with Crippen molar-refractivity contribution in [3.63, 3.8) is 0 Å². The normalized spacial score (nSPS) is 14.8. The van der Waals surface area contributed by atoms with Crippen LogP contribution in [0.15, 0.2) is 24.4 Å². The Bertz CT molecular complexity index is 687. The molecule has 1 amide bonds. The van der Waals surface area contributed by atoms with E-state index in [4.69, 9.17) is 0 Å². The Morgan fingerprint density at radius 1 is 1.33 bits per heavy atom. The third-order valence-corrected chi connectivity index (χ3v) is 4.45. The highest BCUT2D eigenvalue weighted by Crippen LogP contribution is 2.23. The second-order valence-corrected chi connectivity index (χ2v) is 5.84. The quantitative estimate of drug-likeness (QED) is 0.941. The summed E-state index contributed by atoms with van der Waals surface area (Å²) in [5, 5.41) is 7.30. The van der Waals surface area contributed by atoms with Crippen LogP contribution in [0, 0.1) is 6.92 Å². The molecule has 110 valence electrons. The third kappa shape index (κ3) is 2.58. The van der Waals surface area contributed by atoms with E-state index in [9.17, 15) is 4.79 Å². The summed E-state index contributed by atoms with van der Waals surface area (Å²) in [6.45, 7) is 4.01. The van der Waals surface area contributed by atoms with E-state index in [1.54, 1.807) is 0 Å². The minimum absolute atomic E-state index is 0.0135. The molecule has 1 aromatic heterocycles. The van der Waals surface area contributed by atoms with Gasteiger partial charge < -0.3 is 5.32 Å². The third-order valence-electron chi connectivity index (χ3n) is 4.45. The molecule has 4 heteroatoms. The van der Waals surface area contributed by atoms with Crippen molar-refractivity contribution in [1.82, 2.24) is 15.1 Å². The van der Waals surface area contributed by atoms with Gasteiger partial charge in [-0.05, 0) is 56.4 Å². The number of benzene rings is 1. The largest absolute Gasteiger partial charge is 0.345 e. The number of hydrogen-bond donors (Lipinski definition) is 1. The van der Waals surface area contributed by atoms with Gasteiger partial charge >= 0.3 is 0 Å². The lowest BCUT2D eigenvalue weighted by atomic mass is 10.0. The number of aromatic nitrogens is 2. The number of nitrogens with zero attached hydrogens (tertiary/aromatic N) is 2. The molecule has 0 unspecified atom stereocenters. The molecule has 1 heterocycles. The van der Waals surface area contributed by atoms with Crippen molar-refractivity contribution >= 4 is 5.91 Å². The molecule has 0 aliphatic heterocycles. The number of fused-ring (bicyclic) bond motifs is 1. The maximum absolute atomic E-state index is 12.4. The Balaban J connectivity index is 1.75. The van der Waals surface area contributed by atoms with E-state index >= 15 is 0 Å². The van der Waals surface area contributed by atoms with Gasteiger partial charge in [0, 0.05) is 23.9 Å². The smallest absolute Gasteiger partial charge is 0.251 e. The Kier molecular flexibility index (Phi) is 3.53. The van der Waals surface area contributed by atoms with Crippen LogP contribution in [0.1, 0.15) is 52.1 Å². The molecule has 0 spiro atoms. The average Bonchev–Trinajstić information content (AvgIpc) is 3.05. The first kappa shape index (κ1) is 13.9. The minimum atomic E-state index is -0.0422. The summed E-state index contributed by atoms with van der Waals surface area (Å²) in [7, 11) is 1.91. The van der Waals surface area contributed by atoms with Gasteiger partial charge in [0.25, 0.3) is 5.91 Å². The van der Waals surface area contributed by atoms with E-state index in [1.807, 2.05) is 43.9 Å². The molecule has 1 N–H and O–H groups in total. The summed E-state index contributed by atoms with van der Waals surface area (Å²) in [5.41, 5.74) is 5.61. The molecule has 1 atom stereocenters. The van der Waals surface area contributed by atoms with Crippen LogP contribution in [0.3, 0.4) is 0 Å². The highest BCUT2D eigenvalue weighted by Gasteiger charge is 2.17. The van der Waals surface area contributed by atoms with Crippen LogP contribution in [0.4, 0.5) is 0 Å². The predicted molar refractivity (Wildman–Crippen MR) is 82.3 cm³/mol. The number of rotatable bonds is 3. The Labute approximate surface area is 125 Å². The molecule has 0 saturated heterocycles. The predicted octanol–water partition coefficient (Wildman–Crippen LogP) is 2.71. The first-order valence-corrected chi connectivity index (χ1v) is 7.47. The van der Waals surface area contributed by atoms with E-state index in [0.29, 0.717) is 0 Å². The molecular weight excluding hydrogens is 262 g/mol. The molecule has 1 aliphatic carbocycles. The molecule has 1 aromatic carbocycles. The molecule has 0 radical (unpaired) electrons. The standard InChI is InChI=1S/C17H21N3O/c1-11(16-10-18-20(3)12(16)2)19-17(21)15-8-7-13-5-4-6-14(13)9-15/h7-11H,4-6H2,1-3H3,(H,19,21)/t11-/m0/s1. The van der Waals surface area contributed by atoms with E-state index in [2.05, 4.69) is 16.5 Å². The van der Waals surface area contributed by atoms with Crippen LogP contribution in [0.25, 0.3) is 0 Å². The zero-order chi connectivity index (χ0) is 15.0. The molecule has 21 heavy (non-hydrogen) atoms. The summed E-state index contributed by atoms with van der Waals surface area (Å²) in [5.74, 6) is -0.0135. The lowest BCUT2D eigenvalue weighted by Crippen LogP contribution is -2.27. The number of amides is 1. The van der Waals surface area contributed by atoms with Gasteiger partial charge in [-0.1, -0.05) is 6.07 Å². The lowest BCUT2D eigenvalue weighted by Gasteiger charge is -2.14. The van der Waals surface area contributed by atoms with Crippen molar-refractivity contribution in [2.75, 3.05) is 0 Å². The van der Waals surface area contributed by atoms with Gasteiger partial charge in [-0.3, -0.25) is 9.48 Å². The van der Waals surface area contributed by atoms with Gasteiger partial charge in [0.1, 0.15) is 0 Å². The molecule has 2 aromatic rings. The van der Waals surface area contributed by atoms with Crippen LogP contribution in [0.5, 0.6) is 0 Å². The van der Waals surface area contributed by atoms with Crippen molar-refractivity contribution in [3.8, 4) is 0 Å². The molecule has 0 bridgehead atoms. The Morgan fingerprint density at radius 3 is 2.81 bits per heavy atom. The van der Waals surface area contributed by atoms with Crippen LogP contribution in [-0.4, -0.2) is 15.7 Å². The highest BCUT2D eigenvalue weighted by atomic mass is 16.1. The van der Waals surface area contributed by atoms with Crippen LogP contribution in [0.2, 0.25) is 0 Å². The number of hydrogen-bond acceptors (Lipinski definition) is 2. The van der Waals surface area contributed by atoms with Crippen molar-refractivity contribution in [3.05, 3.63) is 52.3 Å². The van der Waals surface area contributed by atoms with Gasteiger partial charge in [-0.25, -0.2) is 0 Å². The fourth-order valence-electron chi connectivity index (χ4n) is 3.01. The second kappa shape index (κ2) is 5.35. The first-order chi connectivity index (χ1) is 10.1. The fraction of sp³-hybridized carbons (Fsp3) is 0.412. The topological polar surface area (TPSA) is 46.9 Å².